The fraction of sp³-hybridized carbons (Fsp3) is 0.286. The average Bonchev–Trinajstić information content (AvgIpc) is 3.24. The van der Waals surface area contributed by atoms with Gasteiger partial charge in [0.05, 0.1) is 39.8 Å². The van der Waals surface area contributed by atoms with Crippen molar-refractivity contribution < 1.29 is 23.8 Å². The zero-order valence-corrected chi connectivity index (χ0v) is 18.6. The van der Waals surface area contributed by atoms with Crippen LogP contribution in [0.1, 0.15) is 31.4 Å². The molecule has 0 spiro atoms. The molecule has 4 rings (SSSR count). The molecule has 3 heterocycles. The van der Waals surface area contributed by atoms with Crippen LogP contribution < -0.4 is 19.5 Å². The molecule has 2 amide bonds. The maximum Gasteiger partial charge on any atom is 0.277 e. The van der Waals surface area contributed by atoms with E-state index < -0.39 is 0 Å². The number of rotatable bonds is 6. The van der Waals surface area contributed by atoms with Crippen molar-refractivity contribution in [2.45, 2.75) is 13.0 Å². The number of methoxy groups -OCH3 is 3. The number of ether oxygens (including phenoxy) is 3. The lowest BCUT2D eigenvalue weighted by Crippen LogP contribution is -2.35. The molecular weight excluding hydrogens is 434 g/mol. The third-order valence-electron chi connectivity index (χ3n) is 4.95. The minimum atomic E-state index is -0.380. The normalized spacial score (nSPS) is 12.7. The highest BCUT2D eigenvalue weighted by Crippen LogP contribution is 2.39. The van der Waals surface area contributed by atoms with E-state index in [-0.39, 0.29) is 17.5 Å². The van der Waals surface area contributed by atoms with Crippen LogP contribution in [0.2, 0.25) is 0 Å². The predicted octanol–water partition coefficient (Wildman–Crippen LogP) is 2.41. The molecule has 0 saturated carbocycles. The van der Waals surface area contributed by atoms with E-state index >= 15 is 0 Å². The molecule has 3 aromatic rings. The van der Waals surface area contributed by atoms with Gasteiger partial charge >= 0.3 is 0 Å². The fourth-order valence-electron chi connectivity index (χ4n) is 3.39. The van der Waals surface area contributed by atoms with Crippen molar-refractivity contribution >= 4 is 28.3 Å². The van der Waals surface area contributed by atoms with E-state index in [4.69, 9.17) is 14.2 Å². The number of fused-ring (bicyclic) bond motifs is 1. The number of aromatic nitrogens is 3. The maximum atomic E-state index is 13.2. The highest BCUT2D eigenvalue weighted by Gasteiger charge is 2.27. The number of benzene rings is 1. The van der Waals surface area contributed by atoms with E-state index in [9.17, 15) is 9.59 Å². The number of carbonyl (C=O) groups is 2. The molecule has 11 heteroatoms. The van der Waals surface area contributed by atoms with Crippen LogP contribution in [-0.2, 0) is 13.0 Å². The van der Waals surface area contributed by atoms with E-state index in [1.54, 1.807) is 17.0 Å². The monoisotopic (exact) mass is 455 g/mol. The molecular formula is C21H21N5O5S. The molecule has 166 valence electrons. The summed E-state index contributed by atoms with van der Waals surface area (Å²) in [4.78, 5) is 40.5. The lowest BCUT2D eigenvalue weighted by atomic mass is 10.1. The van der Waals surface area contributed by atoms with Crippen LogP contribution in [0.5, 0.6) is 17.2 Å². The molecule has 1 N–H and O–H groups in total. The summed E-state index contributed by atoms with van der Waals surface area (Å²) >= 11 is 1.34. The molecule has 10 nitrogen and oxygen atoms in total. The van der Waals surface area contributed by atoms with Crippen molar-refractivity contribution in [3.8, 4) is 17.2 Å². The number of hydrogen-bond acceptors (Lipinski definition) is 9. The summed E-state index contributed by atoms with van der Waals surface area (Å²) in [6, 6.07) is 3.27. The first-order valence-corrected chi connectivity index (χ1v) is 10.5. The number of nitrogens with zero attached hydrogens (tertiary/aromatic N) is 4. The maximum absolute atomic E-state index is 13.2. The summed E-state index contributed by atoms with van der Waals surface area (Å²) in [5.74, 6) is 0.723. The van der Waals surface area contributed by atoms with Gasteiger partial charge in [0.25, 0.3) is 11.8 Å². The fourth-order valence-corrected chi connectivity index (χ4v) is 4.41. The molecule has 0 bridgehead atoms. The van der Waals surface area contributed by atoms with Gasteiger partial charge in [-0.25, -0.2) is 9.97 Å². The molecule has 32 heavy (non-hydrogen) atoms. The van der Waals surface area contributed by atoms with Gasteiger partial charge in [-0.15, -0.1) is 0 Å². The van der Waals surface area contributed by atoms with Gasteiger partial charge in [-0.05, 0) is 12.1 Å². The highest BCUT2D eigenvalue weighted by atomic mass is 32.1. The lowest BCUT2D eigenvalue weighted by molar-refractivity contribution is 0.0735. The first-order valence-electron chi connectivity index (χ1n) is 9.69. The second kappa shape index (κ2) is 9.18. The second-order valence-electron chi connectivity index (χ2n) is 6.82. The molecule has 0 atom stereocenters. The molecule has 2 aromatic heterocycles. The minimum absolute atomic E-state index is 0.159. The summed E-state index contributed by atoms with van der Waals surface area (Å²) in [5.41, 5.74) is 1.52. The Morgan fingerprint density at radius 3 is 2.47 bits per heavy atom. The van der Waals surface area contributed by atoms with Crippen LogP contribution >= 0.6 is 11.3 Å². The Morgan fingerprint density at radius 2 is 1.84 bits per heavy atom. The van der Waals surface area contributed by atoms with Gasteiger partial charge in [0, 0.05) is 35.8 Å². The van der Waals surface area contributed by atoms with Crippen molar-refractivity contribution in [3.63, 3.8) is 0 Å². The Balaban J connectivity index is 1.51. The molecule has 0 fully saturated rings. The van der Waals surface area contributed by atoms with E-state index in [0.717, 1.165) is 10.6 Å². The zero-order valence-electron chi connectivity index (χ0n) is 17.7. The topological polar surface area (TPSA) is 116 Å². The molecule has 0 unspecified atom stereocenters. The van der Waals surface area contributed by atoms with Crippen LogP contribution in [0.25, 0.3) is 0 Å². The van der Waals surface area contributed by atoms with Gasteiger partial charge in [0.2, 0.25) is 5.75 Å². The van der Waals surface area contributed by atoms with Crippen molar-refractivity contribution in [2.75, 3.05) is 33.2 Å². The standard InChI is InChI=1S/C21H21N5O5S/c1-29-15-8-12(9-16(30-2)18(15)31-3)20(28)26-7-4-13-17(11-26)32-21(24-13)25-19(27)14-10-22-5-6-23-14/h5-6,8-10H,4,7,11H2,1-3H3,(H,24,25,27). The molecule has 0 aliphatic carbocycles. The number of carbonyl (C=O) groups excluding carboxylic acids is 2. The summed E-state index contributed by atoms with van der Waals surface area (Å²) < 4.78 is 16.0. The first-order chi connectivity index (χ1) is 15.5. The number of amides is 2. The SMILES string of the molecule is COc1cc(C(=O)N2CCc3nc(NC(=O)c4cnccn4)sc3C2)cc(OC)c1OC. The van der Waals surface area contributed by atoms with E-state index in [0.29, 0.717) is 47.5 Å². The molecule has 1 aliphatic rings. The van der Waals surface area contributed by atoms with Gasteiger partial charge in [0.1, 0.15) is 5.69 Å². The zero-order chi connectivity index (χ0) is 22.7. The number of thiazole rings is 1. The van der Waals surface area contributed by atoms with Crippen molar-refractivity contribution in [1.29, 1.82) is 0 Å². The largest absolute Gasteiger partial charge is 0.493 e. The van der Waals surface area contributed by atoms with Gasteiger partial charge < -0.3 is 19.1 Å². The third kappa shape index (κ3) is 4.19. The van der Waals surface area contributed by atoms with Crippen molar-refractivity contribution in [1.82, 2.24) is 19.9 Å². The van der Waals surface area contributed by atoms with Crippen LogP contribution in [0.15, 0.2) is 30.7 Å². The van der Waals surface area contributed by atoms with Crippen LogP contribution in [-0.4, -0.2) is 59.5 Å². The minimum Gasteiger partial charge on any atom is -0.493 e. The second-order valence-corrected chi connectivity index (χ2v) is 7.91. The Morgan fingerprint density at radius 1 is 1.09 bits per heavy atom. The molecule has 1 aliphatic heterocycles. The van der Waals surface area contributed by atoms with Gasteiger partial charge in [-0.3, -0.25) is 19.9 Å². The number of anilines is 1. The van der Waals surface area contributed by atoms with Gasteiger partial charge in [-0.1, -0.05) is 11.3 Å². The molecule has 0 radical (unpaired) electrons. The molecule has 0 saturated heterocycles. The first kappa shape index (κ1) is 21.5. The highest BCUT2D eigenvalue weighted by molar-refractivity contribution is 7.15. The Labute approximate surface area is 188 Å². The van der Waals surface area contributed by atoms with Crippen LogP contribution in [0, 0.1) is 0 Å². The number of nitrogens with one attached hydrogen (secondary N) is 1. The van der Waals surface area contributed by atoms with E-state index in [2.05, 4.69) is 20.3 Å². The quantitative estimate of drug-likeness (QED) is 0.602. The van der Waals surface area contributed by atoms with Crippen LogP contribution in [0.4, 0.5) is 5.13 Å². The van der Waals surface area contributed by atoms with E-state index in [1.807, 2.05) is 0 Å². The van der Waals surface area contributed by atoms with Gasteiger partial charge in [0.15, 0.2) is 16.6 Å². The summed E-state index contributed by atoms with van der Waals surface area (Å²) in [5, 5.41) is 3.22. The van der Waals surface area contributed by atoms with Gasteiger partial charge in [-0.2, -0.15) is 0 Å². The Hall–Kier alpha value is -3.73. The van der Waals surface area contributed by atoms with Crippen molar-refractivity contribution in [2.24, 2.45) is 0 Å². The Bertz CT molecular complexity index is 1130. The predicted molar refractivity (Wildman–Crippen MR) is 117 cm³/mol. The smallest absolute Gasteiger partial charge is 0.277 e. The van der Waals surface area contributed by atoms with Crippen molar-refractivity contribution in [3.05, 3.63) is 52.6 Å². The third-order valence-corrected chi connectivity index (χ3v) is 5.94. The summed E-state index contributed by atoms with van der Waals surface area (Å²) in [6.07, 6.45) is 4.93. The van der Waals surface area contributed by atoms with Crippen LogP contribution in [0.3, 0.4) is 0 Å². The Kier molecular flexibility index (Phi) is 6.17. The number of hydrogen-bond donors (Lipinski definition) is 1. The van der Waals surface area contributed by atoms with E-state index in [1.165, 1.54) is 51.3 Å². The molecule has 1 aromatic carbocycles. The summed E-state index contributed by atoms with van der Waals surface area (Å²) in [7, 11) is 4.53. The lowest BCUT2D eigenvalue weighted by Gasteiger charge is -2.26. The summed E-state index contributed by atoms with van der Waals surface area (Å²) in [6.45, 7) is 0.896. The average molecular weight is 455 g/mol.